The first-order chi connectivity index (χ1) is 9.65. The Morgan fingerprint density at radius 3 is 2.60 bits per heavy atom. The monoisotopic (exact) mass is 295 g/mol. The summed E-state index contributed by atoms with van der Waals surface area (Å²) in [5.74, 6) is 0.0513. The van der Waals surface area contributed by atoms with Crippen molar-refractivity contribution >= 4 is 23.4 Å². The molecule has 0 aliphatic heterocycles. The third-order valence-electron chi connectivity index (χ3n) is 3.02. The van der Waals surface area contributed by atoms with Gasteiger partial charge in [0, 0.05) is 29.2 Å². The Morgan fingerprint density at radius 1 is 1.30 bits per heavy atom. The average Bonchev–Trinajstić information content (AvgIpc) is 2.40. The Bertz CT molecular complexity index is 377. The summed E-state index contributed by atoms with van der Waals surface area (Å²) in [7, 11) is 0. The average molecular weight is 295 g/mol. The molecular weight excluding hydrogens is 270 g/mol. The highest BCUT2D eigenvalue weighted by Gasteiger charge is 2.15. The highest BCUT2D eigenvalue weighted by atomic mass is 32.2. The summed E-state index contributed by atoms with van der Waals surface area (Å²) in [6.07, 6.45) is 3.52. The van der Waals surface area contributed by atoms with Crippen LogP contribution >= 0.6 is 11.8 Å². The quantitative estimate of drug-likeness (QED) is 0.730. The summed E-state index contributed by atoms with van der Waals surface area (Å²) >= 11 is 1.81. The Hall–Kier alpha value is -1.00. The van der Waals surface area contributed by atoms with Crippen LogP contribution in [0.1, 0.15) is 39.5 Å². The van der Waals surface area contributed by atoms with E-state index >= 15 is 0 Å². The zero-order valence-corrected chi connectivity index (χ0v) is 13.2. The van der Waals surface area contributed by atoms with Crippen molar-refractivity contribution in [3.63, 3.8) is 0 Å². The Balaban J connectivity index is 2.36. The van der Waals surface area contributed by atoms with E-state index in [9.17, 15) is 4.79 Å². The van der Waals surface area contributed by atoms with Crippen LogP contribution in [0.4, 0.5) is 5.69 Å². The standard InChI is InChI=1S/C16H25NO2S/c1-3-7-15(10-11-18)20-13(2)12-16(19)17-14-8-5-4-6-9-14/h4-6,8-9,13,15,18H,3,7,10-12H2,1-2H3,(H,17,19). The lowest BCUT2D eigenvalue weighted by atomic mass is 10.2. The van der Waals surface area contributed by atoms with Crippen molar-refractivity contribution in [3.05, 3.63) is 30.3 Å². The van der Waals surface area contributed by atoms with Crippen molar-refractivity contribution in [2.24, 2.45) is 0 Å². The molecule has 0 fully saturated rings. The van der Waals surface area contributed by atoms with Gasteiger partial charge >= 0.3 is 0 Å². The van der Waals surface area contributed by atoms with Crippen LogP contribution in [0.25, 0.3) is 0 Å². The zero-order chi connectivity index (χ0) is 14.8. The van der Waals surface area contributed by atoms with E-state index in [2.05, 4.69) is 19.2 Å². The number of amides is 1. The summed E-state index contributed by atoms with van der Waals surface area (Å²) in [6.45, 7) is 4.45. The van der Waals surface area contributed by atoms with Crippen molar-refractivity contribution in [1.29, 1.82) is 0 Å². The third kappa shape index (κ3) is 6.96. The van der Waals surface area contributed by atoms with Crippen molar-refractivity contribution in [2.45, 2.75) is 50.0 Å². The fourth-order valence-corrected chi connectivity index (χ4v) is 3.64. The van der Waals surface area contributed by atoms with Crippen LogP contribution in [-0.4, -0.2) is 28.1 Å². The van der Waals surface area contributed by atoms with Gasteiger partial charge in [-0.1, -0.05) is 38.5 Å². The van der Waals surface area contributed by atoms with E-state index in [0.717, 1.165) is 24.9 Å². The van der Waals surface area contributed by atoms with Gasteiger partial charge in [-0.25, -0.2) is 0 Å². The number of hydrogen-bond acceptors (Lipinski definition) is 3. The van der Waals surface area contributed by atoms with Gasteiger partial charge in [0.15, 0.2) is 0 Å². The maximum Gasteiger partial charge on any atom is 0.225 e. The lowest BCUT2D eigenvalue weighted by Gasteiger charge is -2.19. The Kier molecular flexibility index (Phi) is 8.38. The molecule has 0 aromatic heterocycles. The van der Waals surface area contributed by atoms with Crippen molar-refractivity contribution in [2.75, 3.05) is 11.9 Å². The summed E-state index contributed by atoms with van der Waals surface area (Å²) < 4.78 is 0. The van der Waals surface area contributed by atoms with Crippen LogP contribution in [0, 0.1) is 0 Å². The first kappa shape index (κ1) is 17.1. The SMILES string of the molecule is CCCC(CCO)SC(C)CC(=O)Nc1ccccc1. The molecule has 1 amide bonds. The van der Waals surface area contributed by atoms with Gasteiger partial charge in [-0.05, 0) is 25.0 Å². The first-order valence-electron chi connectivity index (χ1n) is 7.27. The van der Waals surface area contributed by atoms with E-state index in [1.165, 1.54) is 0 Å². The van der Waals surface area contributed by atoms with Crippen LogP contribution in [0.2, 0.25) is 0 Å². The molecule has 0 aliphatic rings. The second-order valence-corrected chi connectivity index (χ2v) is 6.73. The second-order valence-electron chi connectivity index (χ2n) is 4.99. The minimum atomic E-state index is 0.0513. The van der Waals surface area contributed by atoms with Gasteiger partial charge in [-0.15, -0.1) is 0 Å². The number of carbonyl (C=O) groups excluding carboxylic acids is 1. The van der Waals surface area contributed by atoms with Gasteiger partial charge in [0.2, 0.25) is 5.91 Å². The highest BCUT2D eigenvalue weighted by molar-refractivity contribution is 8.00. The summed E-state index contributed by atoms with van der Waals surface area (Å²) in [5.41, 5.74) is 0.843. The largest absolute Gasteiger partial charge is 0.396 e. The van der Waals surface area contributed by atoms with Crippen molar-refractivity contribution < 1.29 is 9.90 Å². The van der Waals surface area contributed by atoms with Gasteiger partial charge in [-0.2, -0.15) is 11.8 Å². The van der Waals surface area contributed by atoms with E-state index in [0.29, 0.717) is 11.7 Å². The van der Waals surface area contributed by atoms with Gasteiger partial charge < -0.3 is 10.4 Å². The maximum absolute atomic E-state index is 11.9. The first-order valence-corrected chi connectivity index (χ1v) is 8.21. The van der Waals surface area contributed by atoms with Crippen molar-refractivity contribution in [3.8, 4) is 0 Å². The van der Waals surface area contributed by atoms with E-state index < -0.39 is 0 Å². The number of para-hydroxylation sites is 1. The molecule has 0 aliphatic carbocycles. The molecule has 0 saturated carbocycles. The molecule has 1 rings (SSSR count). The molecule has 2 atom stereocenters. The Morgan fingerprint density at radius 2 is 2.00 bits per heavy atom. The molecule has 1 aromatic rings. The predicted molar refractivity (Wildman–Crippen MR) is 87.1 cm³/mol. The molecule has 0 heterocycles. The Labute approximate surface area is 126 Å². The van der Waals surface area contributed by atoms with Gasteiger partial charge in [0.05, 0.1) is 0 Å². The summed E-state index contributed by atoms with van der Waals surface area (Å²) in [6, 6.07) is 9.53. The predicted octanol–water partition coefficient (Wildman–Crippen LogP) is 3.69. The van der Waals surface area contributed by atoms with Crippen molar-refractivity contribution in [1.82, 2.24) is 0 Å². The van der Waals surface area contributed by atoms with Gasteiger partial charge in [0.25, 0.3) is 0 Å². The molecule has 20 heavy (non-hydrogen) atoms. The second kappa shape index (κ2) is 9.83. The fourth-order valence-electron chi connectivity index (χ4n) is 2.12. The normalized spacial score (nSPS) is 13.8. The molecule has 0 bridgehead atoms. The van der Waals surface area contributed by atoms with Gasteiger partial charge in [-0.3, -0.25) is 4.79 Å². The van der Waals surface area contributed by atoms with E-state index in [1.807, 2.05) is 42.1 Å². The molecule has 4 heteroatoms. The number of carbonyl (C=O) groups is 1. The maximum atomic E-state index is 11.9. The van der Waals surface area contributed by atoms with E-state index in [-0.39, 0.29) is 17.8 Å². The highest BCUT2D eigenvalue weighted by Crippen LogP contribution is 2.26. The van der Waals surface area contributed by atoms with E-state index in [4.69, 9.17) is 5.11 Å². The van der Waals surface area contributed by atoms with Crippen LogP contribution in [-0.2, 0) is 4.79 Å². The van der Waals surface area contributed by atoms with Crippen LogP contribution in [0.5, 0.6) is 0 Å². The third-order valence-corrected chi connectivity index (χ3v) is 4.50. The molecule has 2 N–H and O–H groups in total. The number of aliphatic hydroxyl groups is 1. The number of rotatable bonds is 9. The molecule has 3 nitrogen and oxygen atoms in total. The summed E-state index contributed by atoms with van der Waals surface area (Å²) in [4.78, 5) is 11.9. The fraction of sp³-hybridized carbons (Fsp3) is 0.562. The van der Waals surface area contributed by atoms with Gasteiger partial charge in [0.1, 0.15) is 0 Å². The number of anilines is 1. The minimum Gasteiger partial charge on any atom is -0.396 e. The zero-order valence-electron chi connectivity index (χ0n) is 12.3. The molecule has 112 valence electrons. The minimum absolute atomic E-state index is 0.0513. The van der Waals surface area contributed by atoms with Crippen LogP contribution < -0.4 is 5.32 Å². The molecule has 1 aromatic carbocycles. The summed E-state index contributed by atoms with van der Waals surface area (Å²) in [5, 5.41) is 12.7. The van der Waals surface area contributed by atoms with Crippen LogP contribution in [0.3, 0.4) is 0 Å². The van der Waals surface area contributed by atoms with Crippen LogP contribution in [0.15, 0.2) is 30.3 Å². The lowest BCUT2D eigenvalue weighted by molar-refractivity contribution is -0.116. The number of benzene rings is 1. The number of thioether (sulfide) groups is 1. The molecule has 2 unspecified atom stereocenters. The molecule has 0 spiro atoms. The topological polar surface area (TPSA) is 49.3 Å². The lowest BCUT2D eigenvalue weighted by Crippen LogP contribution is -2.18. The number of hydrogen-bond donors (Lipinski definition) is 2. The smallest absolute Gasteiger partial charge is 0.225 e. The molecular formula is C16H25NO2S. The molecule has 0 saturated heterocycles. The number of nitrogens with one attached hydrogen (secondary N) is 1. The molecule has 0 radical (unpaired) electrons. The number of aliphatic hydroxyl groups excluding tert-OH is 1. The van der Waals surface area contributed by atoms with E-state index in [1.54, 1.807) is 0 Å².